The van der Waals surface area contributed by atoms with E-state index in [0.29, 0.717) is 0 Å². The number of nitrogens with one attached hydrogen (secondary N) is 1. The average Bonchev–Trinajstić information content (AvgIpc) is 2.54. The monoisotopic (exact) mass is 285 g/mol. The molecule has 1 aromatic carbocycles. The molecule has 1 aliphatic heterocycles. The van der Waals surface area contributed by atoms with Gasteiger partial charge in [0.15, 0.2) is 11.7 Å². The predicted octanol–water partition coefficient (Wildman–Crippen LogP) is -0.274. The van der Waals surface area contributed by atoms with Gasteiger partial charge in [0, 0.05) is 6.07 Å². The molecule has 11 heteroatoms. The maximum atomic E-state index is 11.0. The highest BCUT2D eigenvalue weighted by molar-refractivity contribution is 7.89. The number of non-ortho nitro benzene ring substituents is 1. The van der Waals surface area contributed by atoms with Gasteiger partial charge in [0.25, 0.3) is 5.69 Å². The van der Waals surface area contributed by atoms with Gasteiger partial charge >= 0.3 is 10.2 Å². The van der Waals surface area contributed by atoms with Gasteiger partial charge in [-0.3, -0.25) is 10.1 Å². The summed E-state index contributed by atoms with van der Waals surface area (Å²) in [6.45, 7) is 0. The number of nitro benzene ring substituents is 1. The summed E-state index contributed by atoms with van der Waals surface area (Å²) in [6.07, 6.45) is 0. The van der Waals surface area contributed by atoms with E-state index in [1.165, 1.54) is 6.07 Å². The fraction of sp³-hybridized carbons (Fsp3) is 0. The van der Waals surface area contributed by atoms with E-state index in [-0.39, 0.29) is 23.0 Å². The first-order valence-electron chi connectivity index (χ1n) is 4.73. The van der Waals surface area contributed by atoms with Crippen molar-refractivity contribution in [2.24, 2.45) is 14.5 Å². The van der Waals surface area contributed by atoms with Crippen molar-refractivity contribution in [2.45, 2.75) is 0 Å². The zero-order chi connectivity index (χ0) is 14.2. The molecule has 0 saturated heterocycles. The van der Waals surface area contributed by atoms with Gasteiger partial charge in [-0.1, -0.05) is 0 Å². The molecule has 0 spiro atoms. The maximum Gasteiger partial charge on any atom is 0.367 e. The molecule has 0 aromatic heterocycles. The largest absolute Gasteiger partial charge is 0.506 e. The molecule has 0 atom stereocenters. The number of hydrogen-bond acceptors (Lipinski definition) is 7. The van der Waals surface area contributed by atoms with Gasteiger partial charge in [-0.05, 0) is 6.07 Å². The number of nitro groups is 1. The number of aromatic hydroxyl groups is 1. The first-order valence-corrected chi connectivity index (χ1v) is 6.13. The number of hydrogen-bond donors (Lipinski definition) is 3. The van der Waals surface area contributed by atoms with Crippen LogP contribution in [0, 0.1) is 10.1 Å². The van der Waals surface area contributed by atoms with Crippen LogP contribution in [0.2, 0.25) is 0 Å². The minimum atomic E-state index is -4.00. The van der Waals surface area contributed by atoms with Gasteiger partial charge in [-0.15, -0.1) is 8.80 Å². The van der Waals surface area contributed by atoms with Gasteiger partial charge < -0.3 is 16.2 Å². The van der Waals surface area contributed by atoms with E-state index >= 15 is 0 Å². The number of phenolic OH excluding ortho intramolecular Hbond substituents is 1. The number of phenols is 1. The van der Waals surface area contributed by atoms with E-state index in [1.807, 2.05) is 0 Å². The zero-order valence-corrected chi connectivity index (χ0v) is 9.96. The number of benzene rings is 1. The van der Waals surface area contributed by atoms with Crippen molar-refractivity contribution in [1.29, 1.82) is 0 Å². The first kappa shape index (κ1) is 12.8. The SMILES string of the molecule is NC1=NS(=O)(=O)N=C1Nc1ccc([N+](=O)[O-])cc1O. The van der Waals surface area contributed by atoms with Gasteiger partial charge in [0.05, 0.1) is 16.7 Å². The van der Waals surface area contributed by atoms with Crippen LogP contribution < -0.4 is 11.1 Å². The molecule has 4 N–H and O–H groups in total. The van der Waals surface area contributed by atoms with Crippen LogP contribution in [0.15, 0.2) is 27.0 Å². The Bertz CT molecular complexity index is 723. The van der Waals surface area contributed by atoms with Crippen LogP contribution in [0.3, 0.4) is 0 Å². The van der Waals surface area contributed by atoms with E-state index in [4.69, 9.17) is 5.73 Å². The third-order valence-electron chi connectivity index (χ3n) is 2.11. The normalized spacial score (nSPS) is 16.6. The molecule has 1 heterocycles. The summed E-state index contributed by atoms with van der Waals surface area (Å²) in [6, 6.07) is 3.22. The molecule has 0 saturated carbocycles. The van der Waals surface area contributed by atoms with Crippen molar-refractivity contribution in [3.05, 3.63) is 28.3 Å². The molecular weight excluding hydrogens is 278 g/mol. The highest BCUT2D eigenvalue weighted by atomic mass is 32.2. The fourth-order valence-corrected chi connectivity index (χ4v) is 2.05. The van der Waals surface area contributed by atoms with Crippen molar-refractivity contribution in [3.8, 4) is 5.75 Å². The third kappa shape index (κ3) is 2.60. The van der Waals surface area contributed by atoms with Crippen LogP contribution in [-0.2, 0) is 10.2 Å². The number of rotatable bonds is 2. The van der Waals surface area contributed by atoms with Crippen molar-refractivity contribution in [1.82, 2.24) is 0 Å². The third-order valence-corrected chi connectivity index (χ3v) is 2.95. The molecule has 100 valence electrons. The Morgan fingerprint density at radius 2 is 2.05 bits per heavy atom. The molecule has 0 unspecified atom stereocenters. The smallest absolute Gasteiger partial charge is 0.367 e. The van der Waals surface area contributed by atoms with E-state index in [9.17, 15) is 23.6 Å². The Balaban J connectivity index is 2.32. The second kappa shape index (κ2) is 4.20. The summed E-state index contributed by atoms with van der Waals surface area (Å²) in [7, 11) is -4.00. The lowest BCUT2D eigenvalue weighted by Crippen LogP contribution is -2.27. The Kier molecular flexibility index (Phi) is 2.82. The van der Waals surface area contributed by atoms with Crippen LogP contribution in [0.25, 0.3) is 0 Å². The predicted molar refractivity (Wildman–Crippen MR) is 66.4 cm³/mol. The average molecular weight is 285 g/mol. The van der Waals surface area contributed by atoms with Crippen LogP contribution in [0.4, 0.5) is 11.4 Å². The lowest BCUT2D eigenvalue weighted by atomic mass is 10.2. The molecule has 2 rings (SSSR count). The molecule has 0 aliphatic carbocycles. The maximum absolute atomic E-state index is 11.0. The summed E-state index contributed by atoms with van der Waals surface area (Å²) in [5.74, 6) is -1.07. The Morgan fingerprint density at radius 3 is 2.53 bits per heavy atom. The number of amidine groups is 2. The van der Waals surface area contributed by atoms with Gasteiger partial charge in [0.2, 0.25) is 0 Å². The first-order chi connectivity index (χ1) is 8.78. The second-order valence-electron chi connectivity index (χ2n) is 3.45. The van der Waals surface area contributed by atoms with E-state index in [1.54, 1.807) is 0 Å². The fourth-order valence-electron chi connectivity index (χ4n) is 1.30. The summed E-state index contributed by atoms with van der Waals surface area (Å²) >= 11 is 0. The lowest BCUT2D eigenvalue weighted by Gasteiger charge is -2.06. The van der Waals surface area contributed by atoms with Crippen molar-refractivity contribution in [2.75, 3.05) is 5.32 Å². The minimum Gasteiger partial charge on any atom is -0.506 e. The van der Waals surface area contributed by atoms with Crippen molar-refractivity contribution < 1.29 is 18.4 Å². The lowest BCUT2D eigenvalue weighted by molar-refractivity contribution is -0.384. The number of anilines is 1. The van der Waals surface area contributed by atoms with Crippen molar-refractivity contribution >= 4 is 33.3 Å². The van der Waals surface area contributed by atoms with Gasteiger partial charge in [-0.25, -0.2) is 0 Å². The van der Waals surface area contributed by atoms with E-state index in [0.717, 1.165) is 12.1 Å². The molecule has 0 bridgehead atoms. The molecule has 1 aliphatic rings. The molecule has 0 radical (unpaired) electrons. The van der Waals surface area contributed by atoms with Crippen molar-refractivity contribution in [3.63, 3.8) is 0 Å². The van der Waals surface area contributed by atoms with Gasteiger partial charge in [0.1, 0.15) is 5.75 Å². The highest BCUT2D eigenvalue weighted by Gasteiger charge is 2.22. The summed E-state index contributed by atoms with van der Waals surface area (Å²) in [5, 5.41) is 22.5. The molecule has 19 heavy (non-hydrogen) atoms. The zero-order valence-electron chi connectivity index (χ0n) is 9.14. The quantitative estimate of drug-likeness (QED) is 0.382. The van der Waals surface area contributed by atoms with E-state index in [2.05, 4.69) is 14.1 Å². The molecule has 1 aromatic rings. The van der Waals surface area contributed by atoms with Crippen LogP contribution in [0.1, 0.15) is 0 Å². The molecule has 0 fully saturated rings. The standard InChI is InChI=1S/C8H7N5O5S/c9-7-8(12-19(17,18)11-7)10-5-2-1-4(13(15)16)3-6(5)14/h1-3,14H,(H2,9,11)(H,10,12). The van der Waals surface area contributed by atoms with Crippen LogP contribution >= 0.6 is 0 Å². The Hall–Kier alpha value is -2.69. The number of nitrogens with zero attached hydrogens (tertiary/aromatic N) is 3. The van der Waals surface area contributed by atoms with Gasteiger partial charge in [-0.2, -0.15) is 8.42 Å². The molecule has 0 amide bonds. The van der Waals surface area contributed by atoms with Crippen LogP contribution in [-0.4, -0.2) is 30.1 Å². The summed E-state index contributed by atoms with van der Waals surface area (Å²) in [5.41, 5.74) is 5.02. The Morgan fingerprint density at radius 1 is 1.37 bits per heavy atom. The summed E-state index contributed by atoms with van der Waals surface area (Å²) < 4.78 is 28.3. The van der Waals surface area contributed by atoms with E-state index < -0.39 is 20.9 Å². The topological polar surface area (TPSA) is 160 Å². The molecular formula is C8H7N5O5S. The summed E-state index contributed by atoms with van der Waals surface area (Å²) in [4.78, 5) is 9.79. The minimum absolute atomic E-state index is 0.0135. The van der Waals surface area contributed by atoms with Crippen LogP contribution in [0.5, 0.6) is 5.75 Å². The molecule has 10 nitrogen and oxygen atoms in total. The number of nitrogens with two attached hydrogens (primary N) is 1. The highest BCUT2D eigenvalue weighted by Crippen LogP contribution is 2.28. The second-order valence-corrected chi connectivity index (χ2v) is 4.71. The Labute approximate surface area is 106 Å².